The van der Waals surface area contributed by atoms with Crippen LogP contribution in [0.2, 0.25) is 0 Å². The maximum absolute atomic E-state index is 12.0. The van der Waals surface area contributed by atoms with Crippen molar-refractivity contribution in [3.8, 4) is 0 Å². The molecule has 0 spiro atoms. The third kappa shape index (κ3) is 5.53. The maximum Gasteiger partial charge on any atom is 0.236 e. The third-order valence-corrected chi connectivity index (χ3v) is 3.53. The van der Waals surface area contributed by atoms with Crippen LogP contribution in [0.5, 0.6) is 0 Å². The van der Waals surface area contributed by atoms with Crippen LogP contribution in [-0.4, -0.2) is 36.5 Å². The van der Waals surface area contributed by atoms with Crippen LogP contribution in [0.15, 0.2) is 0 Å². The highest BCUT2D eigenvalue weighted by atomic mass is 16.2. The van der Waals surface area contributed by atoms with E-state index >= 15 is 0 Å². The Balaban J connectivity index is 2.24. The molecule has 0 aliphatic carbocycles. The van der Waals surface area contributed by atoms with Crippen molar-refractivity contribution in [3.63, 3.8) is 0 Å². The molecule has 0 aromatic carbocycles. The van der Waals surface area contributed by atoms with Crippen molar-refractivity contribution in [1.82, 2.24) is 10.2 Å². The predicted molar refractivity (Wildman–Crippen MR) is 72.0 cm³/mol. The zero-order valence-electron chi connectivity index (χ0n) is 11.5. The van der Waals surface area contributed by atoms with E-state index in [0.29, 0.717) is 18.5 Å². The summed E-state index contributed by atoms with van der Waals surface area (Å²) in [4.78, 5) is 14.0. The Kier molecular flexibility index (Phi) is 7.25. The van der Waals surface area contributed by atoms with Gasteiger partial charge in [-0.05, 0) is 32.1 Å². The number of nitrogens with one attached hydrogen (secondary N) is 1. The van der Waals surface area contributed by atoms with Gasteiger partial charge >= 0.3 is 0 Å². The summed E-state index contributed by atoms with van der Waals surface area (Å²) in [5, 5.41) is 3.43. The second kappa shape index (κ2) is 8.51. The summed E-state index contributed by atoms with van der Waals surface area (Å²) < 4.78 is 0. The molecule has 1 rings (SSSR count). The van der Waals surface area contributed by atoms with Gasteiger partial charge in [-0.15, -0.1) is 0 Å². The second-order valence-electron chi connectivity index (χ2n) is 5.10. The SMILES string of the molecule is CCCC(CCC)NCC(=O)N1CCCCC1. The highest BCUT2D eigenvalue weighted by Crippen LogP contribution is 2.09. The number of hydrogen-bond acceptors (Lipinski definition) is 2. The standard InChI is InChI=1S/C14H28N2O/c1-3-8-13(9-4-2)15-12-14(17)16-10-6-5-7-11-16/h13,15H,3-12H2,1-2H3. The first-order valence-corrected chi connectivity index (χ1v) is 7.29. The van der Waals surface area contributed by atoms with E-state index in [1.165, 1.54) is 44.9 Å². The van der Waals surface area contributed by atoms with Crippen LogP contribution in [0, 0.1) is 0 Å². The fourth-order valence-corrected chi connectivity index (χ4v) is 2.53. The van der Waals surface area contributed by atoms with Gasteiger partial charge in [0.1, 0.15) is 0 Å². The molecular formula is C14H28N2O. The van der Waals surface area contributed by atoms with Crippen LogP contribution < -0.4 is 5.32 Å². The van der Waals surface area contributed by atoms with Crippen LogP contribution in [0.1, 0.15) is 58.8 Å². The minimum Gasteiger partial charge on any atom is -0.342 e. The number of likely N-dealkylation sites (tertiary alicyclic amines) is 1. The summed E-state index contributed by atoms with van der Waals surface area (Å²) >= 11 is 0. The molecule has 1 saturated heterocycles. The lowest BCUT2D eigenvalue weighted by Crippen LogP contribution is -2.43. The summed E-state index contributed by atoms with van der Waals surface area (Å²) in [5.41, 5.74) is 0. The second-order valence-corrected chi connectivity index (χ2v) is 5.10. The van der Waals surface area contributed by atoms with E-state index in [4.69, 9.17) is 0 Å². The lowest BCUT2D eigenvalue weighted by atomic mass is 10.1. The number of nitrogens with zero attached hydrogens (tertiary/aromatic N) is 1. The molecular weight excluding hydrogens is 212 g/mol. The van der Waals surface area contributed by atoms with Gasteiger partial charge in [0.25, 0.3) is 0 Å². The van der Waals surface area contributed by atoms with Gasteiger partial charge < -0.3 is 10.2 Å². The number of carbonyl (C=O) groups is 1. The van der Waals surface area contributed by atoms with E-state index in [-0.39, 0.29) is 0 Å². The topological polar surface area (TPSA) is 32.3 Å². The van der Waals surface area contributed by atoms with Gasteiger partial charge in [-0.1, -0.05) is 26.7 Å². The minimum atomic E-state index is 0.293. The molecule has 3 nitrogen and oxygen atoms in total. The van der Waals surface area contributed by atoms with Crippen molar-refractivity contribution >= 4 is 5.91 Å². The summed E-state index contributed by atoms with van der Waals surface area (Å²) in [7, 11) is 0. The van der Waals surface area contributed by atoms with Crippen molar-refractivity contribution in [2.24, 2.45) is 0 Å². The van der Waals surface area contributed by atoms with Crippen LogP contribution in [0.25, 0.3) is 0 Å². The van der Waals surface area contributed by atoms with Crippen LogP contribution in [0.3, 0.4) is 0 Å². The normalized spacial score (nSPS) is 16.5. The first-order valence-electron chi connectivity index (χ1n) is 7.29. The Hall–Kier alpha value is -0.570. The highest BCUT2D eigenvalue weighted by molar-refractivity contribution is 5.78. The molecule has 0 saturated carbocycles. The van der Waals surface area contributed by atoms with Crippen LogP contribution in [0.4, 0.5) is 0 Å². The summed E-state index contributed by atoms with van der Waals surface area (Å²) in [5.74, 6) is 0.293. The number of hydrogen-bond donors (Lipinski definition) is 1. The van der Waals surface area contributed by atoms with E-state index in [1.807, 2.05) is 4.90 Å². The van der Waals surface area contributed by atoms with Crippen molar-refractivity contribution < 1.29 is 4.79 Å². The molecule has 3 heteroatoms. The fraction of sp³-hybridized carbons (Fsp3) is 0.929. The number of piperidine rings is 1. The zero-order chi connectivity index (χ0) is 12.5. The van der Waals surface area contributed by atoms with Gasteiger partial charge in [0.2, 0.25) is 5.91 Å². The lowest BCUT2D eigenvalue weighted by Gasteiger charge is -2.27. The van der Waals surface area contributed by atoms with E-state index in [0.717, 1.165) is 13.1 Å². The molecule has 0 atom stereocenters. The smallest absolute Gasteiger partial charge is 0.236 e. The molecule has 0 aromatic rings. The van der Waals surface area contributed by atoms with Gasteiger partial charge in [-0.3, -0.25) is 4.79 Å². The fourth-order valence-electron chi connectivity index (χ4n) is 2.53. The molecule has 1 fully saturated rings. The van der Waals surface area contributed by atoms with E-state index in [9.17, 15) is 4.79 Å². The molecule has 0 radical (unpaired) electrons. The first-order chi connectivity index (χ1) is 8.27. The Morgan fingerprint density at radius 1 is 1.12 bits per heavy atom. The van der Waals surface area contributed by atoms with Crippen molar-refractivity contribution in [2.75, 3.05) is 19.6 Å². The van der Waals surface area contributed by atoms with Gasteiger partial charge in [-0.25, -0.2) is 0 Å². The monoisotopic (exact) mass is 240 g/mol. The molecule has 1 N–H and O–H groups in total. The van der Waals surface area contributed by atoms with E-state index in [2.05, 4.69) is 19.2 Å². The minimum absolute atomic E-state index is 0.293. The first kappa shape index (κ1) is 14.5. The van der Waals surface area contributed by atoms with E-state index < -0.39 is 0 Å². The summed E-state index contributed by atoms with van der Waals surface area (Å²) in [6.45, 7) is 6.87. The lowest BCUT2D eigenvalue weighted by molar-refractivity contribution is -0.131. The van der Waals surface area contributed by atoms with Gasteiger partial charge in [0.15, 0.2) is 0 Å². The molecule has 100 valence electrons. The van der Waals surface area contributed by atoms with Crippen LogP contribution in [-0.2, 0) is 4.79 Å². The summed E-state index contributed by atoms with van der Waals surface area (Å²) in [6, 6.07) is 0.527. The predicted octanol–water partition coefficient (Wildman–Crippen LogP) is 2.56. The van der Waals surface area contributed by atoms with Crippen molar-refractivity contribution in [3.05, 3.63) is 0 Å². The van der Waals surface area contributed by atoms with Gasteiger partial charge in [0.05, 0.1) is 6.54 Å². The molecule has 0 aromatic heterocycles. The zero-order valence-corrected chi connectivity index (χ0v) is 11.5. The Morgan fingerprint density at radius 2 is 1.71 bits per heavy atom. The van der Waals surface area contributed by atoms with Crippen LogP contribution >= 0.6 is 0 Å². The number of carbonyl (C=O) groups excluding carboxylic acids is 1. The maximum atomic E-state index is 12.0. The molecule has 0 unspecified atom stereocenters. The Labute approximate surface area is 106 Å². The van der Waals surface area contributed by atoms with Crippen molar-refractivity contribution in [2.45, 2.75) is 64.8 Å². The molecule has 0 bridgehead atoms. The molecule has 1 aliphatic rings. The largest absolute Gasteiger partial charge is 0.342 e. The molecule has 1 aliphatic heterocycles. The van der Waals surface area contributed by atoms with Gasteiger partial charge in [0, 0.05) is 19.1 Å². The Morgan fingerprint density at radius 3 is 2.24 bits per heavy atom. The molecule has 17 heavy (non-hydrogen) atoms. The van der Waals surface area contributed by atoms with E-state index in [1.54, 1.807) is 0 Å². The Bertz CT molecular complexity index is 206. The average molecular weight is 240 g/mol. The van der Waals surface area contributed by atoms with Crippen molar-refractivity contribution in [1.29, 1.82) is 0 Å². The molecule has 1 heterocycles. The third-order valence-electron chi connectivity index (χ3n) is 3.53. The van der Waals surface area contributed by atoms with Gasteiger partial charge in [-0.2, -0.15) is 0 Å². The number of amides is 1. The highest BCUT2D eigenvalue weighted by Gasteiger charge is 2.17. The quantitative estimate of drug-likeness (QED) is 0.742. The number of rotatable bonds is 7. The summed E-state index contributed by atoms with van der Waals surface area (Å²) in [6.07, 6.45) is 8.39. The average Bonchev–Trinajstić information content (AvgIpc) is 2.37. The molecule has 1 amide bonds.